The van der Waals surface area contributed by atoms with Gasteiger partial charge in [-0.1, -0.05) is 24.4 Å². The lowest BCUT2D eigenvalue weighted by atomic mass is 9.90. The lowest BCUT2D eigenvalue weighted by Gasteiger charge is -2.44. The number of nitrogens with zero attached hydrogens (tertiary/aromatic N) is 3. The minimum absolute atomic E-state index is 0.244. The van der Waals surface area contributed by atoms with Crippen LogP contribution in [0.3, 0.4) is 0 Å². The van der Waals surface area contributed by atoms with Gasteiger partial charge in [-0.15, -0.1) is 0 Å². The Hall–Kier alpha value is -0.580. The molecule has 0 bridgehead atoms. The summed E-state index contributed by atoms with van der Waals surface area (Å²) >= 11 is 12.1. The van der Waals surface area contributed by atoms with Crippen molar-refractivity contribution in [1.29, 1.82) is 0 Å². The molecule has 3 rings (SSSR count). The SMILES string of the molecule is Clc1ncc(Cl)c(N2CCOC3CCCCC32)n1. The topological polar surface area (TPSA) is 38.2 Å². The highest BCUT2D eigenvalue weighted by Crippen LogP contribution is 2.34. The van der Waals surface area contributed by atoms with Crippen LogP contribution in [0.15, 0.2) is 6.20 Å². The predicted molar refractivity (Wildman–Crippen MR) is 71.4 cm³/mol. The quantitative estimate of drug-likeness (QED) is 0.745. The van der Waals surface area contributed by atoms with Crippen molar-refractivity contribution < 1.29 is 4.74 Å². The molecule has 1 saturated heterocycles. The summed E-state index contributed by atoms with van der Waals surface area (Å²) in [6.45, 7) is 1.54. The molecule has 98 valence electrons. The normalized spacial score (nSPS) is 28.0. The van der Waals surface area contributed by atoms with E-state index in [0.29, 0.717) is 17.2 Å². The van der Waals surface area contributed by atoms with Crippen molar-refractivity contribution in [3.05, 3.63) is 16.5 Å². The summed E-state index contributed by atoms with van der Waals surface area (Å²) in [5.74, 6) is 0.747. The summed E-state index contributed by atoms with van der Waals surface area (Å²) in [4.78, 5) is 10.4. The number of morpholine rings is 1. The number of fused-ring (bicyclic) bond motifs is 1. The molecule has 4 nitrogen and oxygen atoms in total. The fourth-order valence-corrected chi connectivity index (χ4v) is 3.23. The van der Waals surface area contributed by atoms with Gasteiger partial charge in [0.25, 0.3) is 0 Å². The molecule has 0 spiro atoms. The average Bonchev–Trinajstić information content (AvgIpc) is 2.41. The minimum atomic E-state index is 0.244. The first kappa shape index (κ1) is 12.5. The monoisotopic (exact) mass is 287 g/mol. The fourth-order valence-electron chi connectivity index (χ4n) is 2.90. The summed E-state index contributed by atoms with van der Waals surface area (Å²) in [5, 5.41) is 0.805. The zero-order valence-electron chi connectivity index (χ0n) is 9.98. The van der Waals surface area contributed by atoms with Crippen LogP contribution in [0.5, 0.6) is 0 Å². The highest BCUT2D eigenvalue weighted by Gasteiger charge is 2.35. The van der Waals surface area contributed by atoms with Gasteiger partial charge < -0.3 is 9.64 Å². The molecule has 1 aliphatic heterocycles. The molecule has 18 heavy (non-hydrogen) atoms. The van der Waals surface area contributed by atoms with Crippen LogP contribution in [-0.4, -0.2) is 35.3 Å². The first-order valence-electron chi connectivity index (χ1n) is 6.32. The second kappa shape index (κ2) is 5.19. The molecule has 2 heterocycles. The molecule has 0 aromatic carbocycles. The predicted octanol–water partition coefficient (Wildman–Crippen LogP) is 2.93. The minimum Gasteiger partial charge on any atom is -0.374 e. The largest absolute Gasteiger partial charge is 0.374 e. The van der Waals surface area contributed by atoms with E-state index < -0.39 is 0 Å². The van der Waals surface area contributed by atoms with Gasteiger partial charge in [-0.25, -0.2) is 4.98 Å². The molecule has 0 N–H and O–H groups in total. The maximum absolute atomic E-state index is 6.19. The van der Waals surface area contributed by atoms with E-state index in [2.05, 4.69) is 14.9 Å². The number of hydrogen-bond acceptors (Lipinski definition) is 4. The number of hydrogen-bond donors (Lipinski definition) is 0. The van der Waals surface area contributed by atoms with Crippen molar-refractivity contribution in [2.24, 2.45) is 0 Å². The van der Waals surface area contributed by atoms with Gasteiger partial charge in [0, 0.05) is 6.54 Å². The van der Waals surface area contributed by atoms with Gasteiger partial charge in [0.1, 0.15) is 5.02 Å². The number of halogens is 2. The Bertz CT molecular complexity index is 441. The lowest BCUT2D eigenvalue weighted by Crippen LogP contribution is -2.53. The Kier molecular flexibility index (Phi) is 3.59. The van der Waals surface area contributed by atoms with E-state index in [1.807, 2.05) is 0 Å². The van der Waals surface area contributed by atoms with Crippen molar-refractivity contribution in [1.82, 2.24) is 9.97 Å². The van der Waals surface area contributed by atoms with Crippen LogP contribution in [0, 0.1) is 0 Å². The molecule has 2 atom stereocenters. The summed E-state index contributed by atoms with van der Waals surface area (Å²) < 4.78 is 5.84. The zero-order valence-corrected chi connectivity index (χ0v) is 11.5. The molecule has 1 aromatic heterocycles. The van der Waals surface area contributed by atoms with Crippen molar-refractivity contribution in [3.63, 3.8) is 0 Å². The molecule has 0 amide bonds. The van der Waals surface area contributed by atoms with Crippen molar-refractivity contribution in [2.45, 2.75) is 37.8 Å². The third-order valence-corrected chi connectivity index (χ3v) is 4.15. The van der Waals surface area contributed by atoms with Gasteiger partial charge in [-0.3, -0.25) is 0 Å². The van der Waals surface area contributed by atoms with Crippen molar-refractivity contribution in [2.75, 3.05) is 18.1 Å². The van der Waals surface area contributed by atoms with Gasteiger partial charge in [0.2, 0.25) is 5.28 Å². The standard InChI is InChI=1S/C12H15Cl2N3O/c13-8-7-15-12(14)16-11(8)17-5-6-18-10-4-2-1-3-9(10)17/h7,9-10H,1-6H2. The van der Waals surface area contributed by atoms with Crippen LogP contribution < -0.4 is 4.90 Å². The molecule has 0 radical (unpaired) electrons. The lowest BCUT2D eigenvalue weighted by molar-refractivity contribution is -0.00898. The van der Waals surface area contributed by atoms with Crippen LogP contribution >= 0.6 is 23.2 Å². The van der Waals surface area contributed by atoms with Gasteiger partial charge in [-0.2, -0.15) is 4.98 Å². The highest BCUT2D eigenvalue weighted by molar-refractivity contribution is 6.33. The van der Waals surface area contributed by atoms with Gasteiger partial charge in [0.15, 0.2) is 5.82 Å². The Morgan fingerprint density at radius 1 is 1.28 bits per heavy atom. The third kappa shape index (κ3) is 2.29. The molecule has 1 aliphatic carbocycles. The Balaban J connectivity index is 1.91. The average molecular weight is 288 g/mol. The molecule has 1 aromatic rings. The number of anilines is 1. The van der Waals surface area contributed by atoms with E-state index in [0.717, 1.165) is 31.8 Å². The second-order valence-electron chi connectivity index (χ2n) is 4.77. The number of aromatic nitrogens is 2. The van der Waals surface area contributed by atoms with E-state index in [-0.39, 0.29) is 5.28 Å². The first-order valence-corrected chi connectivity index (χ1v) is 7.07. The van der Waals surface area contributed by atoms with Gasteiger partial charge in [0.05, 0.1) is 24.9 Å². The van der Waals surface area contributed by atoms with Gasteiger partial charge in [-0.05, 0) is 24.4 Å². The van der Waals surface area contributed by atoms with Crippen LogP contribution in [-0.2, 0) is 4.74 Å². The molecule has 2 aliphatic rings. The summed E-state index contributed by atoms with van der Waals surface area (Å²) in [7, 11) is 0. The number of rotatable bonds is 1. The van der Waals surface area contributed by atoms with E-state index in [4.69, 9.17) is 27.9 Å². The summed E-state index contributed by atoms with van der Waals surface area (Å²) in [6, 6.07) is 0.371. The van der Waals surface area contributed by atoms with Crippen LogP contribution in [0.25, 0.3) is 0 Å². The molecule has 1 saturated carbocycles. The Morgan fingerprint density at radius 3 is 3.00 bits per heavy atom. The van der Waals surface area contributed by atoms with Crippen molar-refractivity contribution >= 4 is 29.0 Å². The summed E-state index contributed by atoms with van der Waals surface area (Å²) in [6.07, 6.45) is 6.60. The van der Waals surface area contributed by atoms with E-state index >= 15 is 0 Å². The fraction of sp³-hybridized carbons (Fsp3) is 0.667. The van der Waals surface area contributed by atoms with Crippen LogP contribution in [0.1, 0.15) is 25.7 Å². The second-order valence-corrected chi connectivity index (χ2v) is 5.51. The molecular weight excluding hydrogens is 273 g/mol. The maximum atomic E-state index is 6.19. The third-order valence-electron chi connectivity index (χ3n) is 3.70. The molecule has 2 fully saturated rings. The van der Waals surface area contributed by atoms with E-state index in [9.17, 15) is 0 Å². The van der Waals surface area contributed by atoms with Crippen LogP contribution in [0.4, 0.5) is 5.82 Å². The Labute approximate surface area is 116 Å². The molecule has 2 unspecified atom stereocenters. The molecule has 6 heteroatoms. The number of ether oxygens (including phenoxy) is 1. The van der Waals surface area contributed by atoms with E-state index in [1.54, 1.807) is 6.20 Å². The highest BCUT2D eigenvalue weighted by atomic mass is 35.5. The van der Waals surface area contributed by atoms with Crippen molar-refractivity contribution in [3.8, 4) is 0 Å². The molecular formula is C12H15Cl2N3O. The maximum Gasteiger partial charge on any atom is 0.224 e. The smallest absolute Gasteiger partial charge is 0.224 e. The van der Waals surface area contributed by atoms with Crippen LogP contribution in [0.2, 0.25) is 10.3 Å². The zero-order chi connectivity index (χ0) is 12.5. The van der Waals surface area contributed by atoms with Gasteiger partial charge >= 0.3 is 0 Å². The Morgan fingerprint density at radius 2 is 2.11 bits per heavy atom. The van der Waals surface area contributed by atoms with E-state index in [1.165, 1.54) is 12.8 Å². The summed E-state index contributed by atoms with van der Waals surface area (Å²) in [5.41, 5.74) is 0. The first-order chi connectivity index (χ1) is 8.75.